The lowest BCUT2D eigenvalue weighted by atomic mass is 9.95. The van der Waals surface area contributed by atoms with E-state index in [4.69, 9.17) is 21.1 Å². The van der Waals surface area contributed by atoms with E-state index in [0.29, 0.717) is 17.3 Å². The second-order valence-electron chi connectivity index (χ2n) is 7.82. The third-order valence-electron chi connectivity index (χ3n) is 5.92. The van der Waals surface area contributed by atoms with Crippen LogP contribution in [-0.4, -0.2) is 35.2 Å². The van der Waals surface area contributed by atoms with Crippen molar-refractivity contribution >= 4 is 17.5 Å². The summed E-state index contributed by atoms with van der Waals surface area (Å²) < 4.78 is 10.6. The van der Waals surface area contributed by atoms with Crippen molar-refractivity contribution in [1.29, 1.82) is 0 Å². The number of H-pyrrole nitrogens is 1. The van der Waals surface area contributed by atoms with E-state index in [0.717, 1.165) is 39.4 Å². The van der Waals surface area contributed by atoms with Crippen molar-refractivity contribution in [3.63, 3.8) is 0 Å². The lowest BCUT2D eigenvalue weighted by Crippen LogP contribution is -2.29. The number of nitrogens with zero attached hydrogens (tertiary/aromatic N) is 2. The smallest absolute Gasteiger partial charge is 0.273 e. The number of amides is 1. The van der Waals surface area contributed by atoms with Crippen LogP contribution < -0.4 is 9.47 Å². The molecule has 1 unspecified atom stereocenters. The lowest BCUT2D eigenvalue weighted by molar-refractivity contribution is 0.0730. The largest absolute Gasteiger partial charge is 0.497 e. The van der Waals surface area contributed by atoms with Crippen molar-refractivity contribution in [3.05, 3.63) is 100 Å². The average molecular weight is 460 g/mol. The first kappa shape index (κ1) is 21.1. The SMILES string of the molecule is COc1ccc(-c2n[nH]c3c2C(c2ccc(OC)cc2)N(Cc2ccc(Cl)cc2)C3=O)cc1. The van der Waals surface area contributed by atoms with E-state index in [1.54, 1.807) is 14.2 Å². The molecule has 0 spiro atoms. The lowest BCUT2D eigenvalue weighted by Gasteiger charge is -2.26. The number of carbonyl (C=O) groups is 1. The maximum absolute atomic E-state index is 13.5. The number of hydrogen-bond acceptors (Lipinski definition) is 4. The summed E-state index contributed by atoms with van der Waals surface area (Å²) in [4.78, 5) is 15.4. The highest BCUT2D eigenvalue weighted by molar-refractivity contribution is 6.30. The summed E-state index contributed by atoms with van der Waals surface area (Å²) in [7, 11) is 3.27. The zero-order valence-corrected chi connectivity index (χ0v) is 19.0. The first-order chi connectivity index (χ1) is 16.1. The van der Waals surface area contributed by atoms with Crippen molar-refractivity contribution in [2.24, 2.45) is 0 Å². The molecule has 33 heavy (non-hydrogen) atoms. The molecule has 0 saturated heterocycles. The Bertz CT molecular complexity index is 1280. The van der Waals surface area contributed by atoms with Crippen LogP contribution in [0.2, 0.25) is 5.02 Å². The van der Waals surface area contributed by atoms with Crippen LogP contribution in [0.4, 0.5) is 0 Å². The van der Waals surface area contributed by atoms with Gasteiger partial charge < -0.3 is 14.4 Å². The van der Waals surface area contributed by atoms with Crippen LogP contribution in [0.1, 0.15) is 33.2 Å². The molecule has 1 aliphatic heterocycles. The Balaban J connectivity index is 1.61. The molecule has 1 amide bonds. The van der Waals surface area contributed by atoms with E-state index >= 15 is 0 Å². The minimum Gasteiger partial charge on any atom is -0.497 e. The quantitative estimate of drug-likeness (QED) is 0.414. The van der Waals surface area contributed by atoms with Gasteiger partial charge in [-0.2, -0.15) is 5.10 Å². The fraction of sp³-hybridized carbons (Fsp3) is 0.154. The molecule has 0 bridgehead atoms. The highest BCUT2D eigenvalue weighted by atomic mass is 35.5. The summed E-state index contributed by atoms with van der Waals surface area (Å²) >= 11 is 6.06. The van der Waals surface area contributed by atoms with Crippen molar-refractivity contribution in [3.8, 4) is 22.8 Å². The summed E-state index contributed by atoms with van der Waals surface area (Å²) in [5.41, 5.74) is 5.01. The van der Waals surface area contributed by atoms with Crippen LogP contribution in [-0.2, 0) is 6.54 Å². The van der Waals surface area contributed by atoms with E-state index in [1.165, 1.54) is 0 Å². The molecule has 3 aromatic carbocycles. The molecule has 2 heterocycles. The molecule has 166 valence electrons. The van der Waals surface area contributed by atoms with Gasteiger partial charge in [-0.15, -0.1) is 0 Å². The first-order valence-corrected chi connectivity index (χ1v) is 10.9. The number of benzene rings is 3. The van der Waals surface area contributed by atoms with Crippen molar-refractivity contribution < 1.29 is 14.3 Å². The Morgan fingerprint density at radius 3 is 2.12 bits per heavy atom. The highest BCUT2D eigenvalue weighted by Gasteiger charge is 2.42. The summed E-state index contributed by atoms with van der Waals surface area (Å²) in [5, 5.41) is 8.17. The minimum atomic E-state index is -0.301. The number of carbonyl (C=O) groups excluding carboxylic acids is 1. The van der Waals surface area contributed by atoms with Gasteiger partial charge in [0, 0.05) is 22.7 Å². The van der Waals surface area contributed by atoms with Crippen LogP contribution in [0.15, 0.2) is 72.8 Å². The normalized spacial score (nSPS) is 14.9. The number of fused-ring (bicyclic) bond motifs is 1. The molecule has 4 aromatic rings. The Hall–Kier alpha value is -3.77. The first-order valence-electron chi connectivity index (χ1n) is 10.5. The summed E-state index contributed by atoms with van der Waals surface area (Å²) in [6, 6.07) is 22.7. The molecule has 5 rings (SSSR count). The molecule has 1 aliphatic rings. The zero-order chi connectivity index (χ0) is 22.9. The van der Waals surface area contributed by atoms with E-state index in [2.05, 4.69) is 10.2 Å². The number of hydrogen-bond donors (Lipinski definition) is 1. The van der Waals surface area contributed by atoms with Gasteiger partial charge in [-0.25, -0.2) is 0 Å². The molecule has 1 aromatic heterocycles. The van der Waals surface area contributed by atoms with Crippen LogP contribution in [0.3, 0.4) is 0 Å². The maximum Gasteiger partial charge on any atom is 0.273 e. The predicted molar refractivity (Wildman–Crippen MR) is 127 cm³/mol. The third-order valence-corrected chi connectivity index (χ3v) is 6.18. The van der Waals surface area contributed by atoms with E-state index in [-0.39, 0.29) is 11.9 Å². The predicted octanol–water partition coefficient (Wildman–Crippen LogP) is 5.49. The number of aromatic nitrogens is 2. The van der Waals surface area contributed by atoms with Gasteiger partial charge in [0.2, 0.25) is 0 Å². The van der Waals surface area contributed by atoms with Gasteiger partial charge in [0.1, 0.15) is 17.2 Å². The Morgan fingerprint density at radius 1 is 0.909 bits per heavy atom. The molecule has 7 heteroatoms. The van der Waals surface area contributed by atoms with E-state index in [1.807, 2.05) is 77.7 Å². The number of nitrogens with one attached hydrogen (secondary N) is 1. The van der Waals surface area contributed by atoms with E-state index < -0.39 is 0 Å². The minimum absolute atomic E-state index is 0.0898. The van der Waals surface area contributed by atoms with Gasteiger partial charge in [-0.1, -0.05) is 35.9 Å². The fourth-order valence-corrected chi connectivity index (χ4v) is 4.37. The van der Waals surface area contributed by atoms with Gasteiger partial charge in [0.25, 0.3) is 5.91 Å². The average Bonchev–Trinajstić information content (AvgIpc) is 3.40. The van der Waals surface area contributed by atoms with Crippen LogP contribution in [0, 0.1) is 0 Å². The molecule has 0 fully saturated rings. The van der Waals surface area contributed by atoms with Gasteiger partial charge >= 0.3 is 0 Å². The molecule has 1 N–H and O–H groups in total. The van der Waals surface area contributed by atoms with Gasteiger partial charge in [0.05, 0.1) is 26.0 Å². The summed E-state index contributed by atoms with van der Waals surface area (Å²) in [6.07, 6.45) is 0. The molecular formula is C26H22ClN3O3. The summed E-state index contributed by atoms with van der Waals surface area (Å²) in [6.45, 7) is 0.442. The number of ether oxygens (including phenoxy) is 2. The number of halogens is 1. The molecule has 0 radical (unpaired) electrons. The van der Waals surface area contributed by atoms with Crippen LogP contribution in [0.25, 0.3) is 11.3 Å². The molecule has 0 saturated carbocycles. The second kappa shape index (κ2) is 8.64. The van der Waals surface area contributed by atoms with Crippen LogP contribution in [0.5, 0.6) is 11.5 Å². The molecular weight excluding hydrogens is 438 g/mol. The Morgan fingerprint density at radius 2 is 1.52 bits per heavy atom. The Kier molecular flexibility index (Phi) is 5.52. The van der Waals surface area contributed by atoms with Gasteiger partial charge in [0.15, 0.2) is 0 Å². The van der Waals surface area contributed by atoms with Crippen LogP contribution >= 0.6 is 11.6 Å². The third kappa shape index (κ3) is 3.83. The zero-order valence-electron chi connectivity index (χ0n) is 18.2. The molecule has 0 aliphatic carbocycles. The van der Waals surface area contributed by atoms with Gasteiger partial charge in [-0.3, -0.25) is 9.89 Å². The maximum atomic E-state index is 13.5. The topological polar surface area (TPSA) is 67.5 Å². The fourth-order valence-electron chi connectivity index (χ4n) is 4.25. The van der Waals surface area contributed by atoms with Crippen molar-refractivity contribution in [2.45, 2.75) is 12.6 Å². The molecule has 1 atom stereocenters. The standard InChI is InChI=1S/C26H22ClN3O3/c1-32-20-11-5-17(6-12-20)23-22-24(29-28-23)26(31)30(15-16-3-9-19(27)10-4-16)25(22)18-7-13-21(33-2)14-8-18/h3-14,25H,15H2,1-2H3,(H,28,29). The van der Waals surface area contributed by atoms with Gasteiger partial charge in [-0.05, 0) is 59.7 Å². The van der Waals surface area contributed by atoms with E-state index in [9.17, 15) is 4.79 Å². The Labute approximate surface area is 196 Å². The number of methoxy groups -OCH3 is 2. The summed E-state index contributed by atoms with van der Waals surface area (Å²) in [5.74, 6) is 1.43. The molecule has 6 nitrogen and oxygen atoms in total. The number of rotatable bonds is 6. The second-order valence-corrected chi connectivity index (χ2v) is 8.26. The number of aromatic amines is 1. The monoisotopic (exact) mass is 459 g/mol. The highest BCUT2D eigenvalue weighted by Crippen LogP contribution is 2.44. The van der Waals surface area contributed by atoms with Crippen molar-refractivity contribution in [2.75, 3.05) is 14.2 Å². The van der Waals surface area contributed by atoms with Crippen molar-refractivity contribution in [1.82, 2.24) is 15.1 Å².